The molecule has 1 rings (SSSR count). The van der Waals surface area contributed by atoms with Crippen LogP contribution in [0.15, 0.2) is 0 Å². The quantitative estimate of drug-likeness (QED) is 0.121. The van der Waals surface area contributed by atoms with Crippen LogP contribution < -0.4 is 16.4 Å². The Morgan fingerprint density at radius 3 is 2.21 bits per heavy atom. The van der Waals surface area contributed by atoms with E-state index >= 15 is 0 Å². The van der Waals surface area contributed by atoms with Gasteiger partial charge in [0.1, 0.15) is 24.4 Å². The number of carboxylic acid groups (broad SMARTS) is 2. The molecule has 0 aliphatic carbocycles. The van der Waals surface area contributed by atoms with Crippen LogP contribution in [0, 0.1) is 0 Å². The zero-order chi connectivity index (χ0) is 26.4. The number of nitrogens with two attached hydrogens (primary N) is 1. The largest absolute Gasteiger partial charge is 0.481 e. The first kappa shape index (κ1) is 29.3. The number of ether oxygens (including phenoxy) is 2. The van der Waals surface area contributed by atoms with Gasteiger partial charge in [-0.1, -0.05) is 0 Å². The molecule has 1 aliphatic heterocycles. The van der Waals surface area contributed by atoms with Crippen molar-refractivity contribution in [1.82, 2.24) is 10.6 Å². The number of aliphatic hydroxyl groups excluding tert-OH is 3. The van der Waals surface area contributed by atoms with Crippen molar-refractivity contribution in [2.45, 2.75) is 81.9 Å². The summed E-state index contributed by atoms with van der Waals surface area (Å²) in [5, 5.41) is 53.4. The van der Waals surface area contributed by atoms with Crippen LogP contribution in [0.1, 0.15) is 33.6 Å². The van der Waals surface area contributed by atoms with E-state index in [9.17, 15) is 44.4 Å². The van der Waals surface area contributed by atoms with E-state index in [1.807, 2.05) is 0 Å². The van der Waals surface area contributed by atoms with Gasteiger partial charge in [0.25, 0.3) is 0 Å². The predicted molar refractivity (Wildman–Crippen MR) is 110 cm³/mol. The molecule has 0 aromatic heterocycles. The van der Waals surface area contributed by atoms with Gasteiger partial charge in [0, 0.05) is 13.3 Å². The summed E-state index contributed by atoms with van der Waals surface area (Å²) < 4.78 is 10.5. The number of ketones is 1. The van der Waals surface area contributed by atoms with Gasteiger partial charge in [-0.3, -0.25) is 19.2 Å². The van der Waals surface area contributed by atoms with Gasteiger partial charge < -0.3 is 51.4 Å². The molecule has 194 valence electrons. The van der Waals surface area contributed by atoms with E-state index in [1.54, 1.807) is 0 Å². The lowest BCUT2D eigenvalue weighted by atomic mass is 9.89. The lowest BCUT2D eigenvalue weighted by molar-refractivity contribution is -0.275. The number of hydrogen-bond donors (Lipinski definition) is 8. The summed E-state index contributed by atoms with van der Waals surface area (Å²) in [5.74, 6) is -6.07. The molecule has 15 nitrogen and oxygen atoms in total. The summed E-state index contributed by atoms with van der Waals surface area (Å²) in [6.45, 7) is 2.32. The zero-order valence-electron chi connectivity index (χ0n) is 18.8. The molecule has 0 aromatic rings. The van der Waals surface area contributed by atoms with Crippen LogP contribution in [0.3, 0.4) is 0 Å². The lowest BCUT2D eigenvalue weighted by Crippen LogP contribution is -2.68. The molecule has 1 fully saturated rings. The predicted octanol–water partition coefficient (Wildman–Crippen LogP) is -3.94. The Balaban J connectivity index is 3.39. The highest BCUT2D eigenvalue weighted by Gasteiger charge is 2.54. The number of rotatable bonds is 12. The number of nitrogens with one attached hydrogen (secondary N) is 2. The van der Waals surface area contributed by atoms with Gasteiger partial charge in [-0.2, -0.15) is 0 Å². The van der Waals surface area contributed by atoms with Crippen LogP contribution in [0.25, 0.3) is 0 Å². The molecule has 1 aliphatic rings. The highest BCUT2D eigenvalue weighted by atomic mass is 16.6. The van der Waals surface area contributed by atoms with E-state index in [2.05, 4.69) is 10.6 Å². The van der Waals surface area contributed by atoms with E-state index in [-0.39, 0.29) is 0 Å². The number of hydrogen-bond acceptors (Lipinski definition) is 11. The molecule has 1 heterocycles. The maximum absolute atomic E-state index is 13.3. The second-order valence-electron chi connectivity index (χ2n) is 8.03. The van der Waals surface area contributed by atoms with Crippen molar-refractivity contribution in [2.75, 3.05) is 6.61 Å². The Morgan fingerprint density at radius 1 is 1.18 bits per heavy atom. The maximum Gasteiger partial charge on any atom is 0.343 e. The minimum absolute atomic E-state index is 0.508. The number of carbonyl (C=O) groups is 5. The molecule has 0 aromatic carbocycles. The number of carbonyl (C=O) groups excluding carboxylic acids is 3. The van der Waals surface area contributed by atoms with Crippen molar-refractivity contribution < 1.29 is 59.0 Å². The Hall–Kier alpha value is -2.69. The maximum atomic E-state index is 13.3. The monoisotopic (exact) mass is 493 g/mol. The van der Waals surface area contributed by atoms with Gasteiger partial charge in [-0.05, 0) is 20.3 Å². The summed E-state index contributed by atoms with van der Waals surface area (Å²) in [6.07, 6.45) is -8.04. The average Bonchev–Trinajstić information content (AvgIpc) is 2.74. The number of Topliss-reactive ketones (excluding diaryl/α,β-unsaturated/α-hetero) is 1. The third kappa shape index (κ3) is 7.15. The summed E-state index contributed by atoms with van der Waals surface area (Å²) in [5.41, 5.74) is 2.65. The van der Waals surface area contributed by atoms with Crippen molar-refractivity contribution in [3.8, 4) is 0 Å². The third-order valence-corrected chi connectivity index (χ3v) is 5.19. The van der Waals surface area contributed by atoms with Crippen molar-refractivity contribution in [2.24, 2.45) is 5.73 Å². The smallest absolute Gasteiger partial charge is 0.343 e. The minimum Gasteiger partial charge on any atom is -0.481 e. The summed E-state index contributed by atoms with van der Waals surface area (Å²) in [6, 6.07) is -4.33. The number of aliphatic carboxylic acids is 2. The molecular formula is C19H31N3O12. The topological polar surface area (TPSA) is 255 Å². The van der Waals surface area contributed by atoms with Gasteiger partial charge in [-0.25, -0.2) is 4.79 Å². The molecule has 0 radical (unpaired) electrons. The zero-order valence-corrected chi connectivity index (χ0v) is 18.8. The fourth-order valence-electron chi connectivity index (χ4n) is 3.27. The Kier molecular flexibility index (Phi) is 10.5. The van der Waals surface area contributed by atoms with Crippen molar-refractivity contribution in [1.29, 1.82) is 0 Å². The van der Waals surface area contributed by atoms with Gasteiger partial charge in [0.15, 0.2) is 12.1 Å². The van der Waals surface area contributed by atoms with E-state index in [0.717, 1.165) is 13.8 Å². The van der Waals surface area contributed by atoms with Gasteiger partial charge >= 0.3 is 11.9 Å². The van der Waals surface area contributed by atoms with E-state index in [0.29, 0.717) is 0 Å². The first-order valence-electron chi connectivity index (χ1n) is 10.3. The second-order valence-corrected chi connectivity index (χ2v) is 8.03. The summed E-state index contributed by atoms with van der Waals surface area (Å²) in [7, 11) is 0. The normalized spacial score (nSPS) is 28.1. The molecule has 8 atom stereocenters. The molecule has 15 heteroatoms. The first-order chi connectivity index (χ1) is 15.6. The van der Waals surface area contributed by atoms with Gasteiger partial charge in [0.05, 0.1) is 18.7 Å². The van der Waals surface area contributed by atoms with E-state index < -0.39 is 97.3 Å². The molecule has 0 bridgehead atoms. The van der Waals surface area contributed by atoms with Crippen LogP contribution in [-0.4, -0.2) is 110 Å². The second kappa shape index (κ2) is 12.1. The number of aliphatic hydroxyl groups is 3. The van der Waals surface area contributed by atoms with Crippen LogP contribution in [0.5, 0.6) is 0 Å². The third-order valence-electron chi connectivity index (χ3n) is 5.19. The Labute approximate surface area is 194 Å². The van der Waals surface area contributed by atoms with E-state index in [1.165, 1.54) is 6.92 Å². The SMILES string of the molecule is CC(=O)N[C@@H]1[C@@H](OC(C)(C(=O)O)C(=O)[C@@H](CCC(=O)O)NC(=O)[C@H](C)N)[C@H](O)[C@@H](CO)O[C@@H]1O. The number of amides is 2. The van der Waals surface area contributed by atoms with Crippen LogP contribution >= 0.6 is 0 Å². The van der Waals surface area contributed by atoms with E-state index in [4.69, 9.17) is 20.3 Å². The minimum atomic E-state index is -2.81. The highest BCUT2D eigenvalue weighted by molar-refractivity contribution is 6.09. The molecule has 2 amide bonds. The van der Waals surface area contributed by atoms with Crippen LogP contribution in [0.2, 0.25) is 0 Å². The van der Waals surface area contributed by atoms with Gasteiger partial charge in [0.2, 0.25) is 17.4 Å². The molecular weight excluding hydrogens is 462 g/mol. The molecule has 9 N–H and O–H groups in total. The van der Waals surface area contributed by atoms with Crippen molar-refractivity contribution >= 4 is 29.5 Å². The molecule has 1 saturated heterocycles. The summed E-state index contributed by atoms with van der Waals surface area (Å²) >= 11 is 0. The van der Waals surface area contributed by atoms with Crippen LogP contribution in [-0.2, 0) is 33.4 Å². The average molecular weight is 493 g/mol. The molecule has 0 saturated carbocycles. The van der Waals surface area contributed by atoms with Crippen molar-refractivity contribution in [3.05, 3.63) is 0 Å². The van der Waals surface area contributed by atoms with Crippen LogP contribution in [0.4, 0.5) is 0 Å². The lowest BCUT2D eigenvalue weighted by Gasteiger charge is -2.45. The molecule has 1 unspecified atom stereocenters. The van der Waals surface area contributed by atoms with Gasteiger partial charge in [-0.15, -0.1) is 0 Å². The fourth-order valence-corrected chi connectivity index (χ4v) is 3.27. The first-order valence-corrected chi connectivity index (χ1v) is 10.3. The summed E-state index contributed by atoms with van der Waals surface area (Å²) in [4.78, 5) is 60.0. The molecule has 34 heavy (non-hydrogen) atoms. The Bertz CT molecular complexity index is 790. The number of carboxylic acids is 2. The Morgan fingerprint density at radius 2 is 1.76 bits per heavy atom. The highest BCUT2D eigenvalue weighted by Crippen LogP contribution is 2.28. The van der Waals surface area contributed by atoms with Crippen molar-refractivity contribution in [3.63, 3.8) is 0 Å². The molecule has 0 spiro atoms. The fraction of sp³-hybridized carbons (Fsp3) is 0.737. The standard InChI is InChI=1S/C19H31N3O12/c1-7(20)16(29)22-9(4-5-11(25)26)15(28)19(3,18(31)32)34-14-12(21-8(2)24)17(30)33-10(6-23)13(14)27/h7,9-10,12-14,17,23,27,30H,4-6,20H2,1-3H3,(H,21,24)(H,22,29)(H,25,26)(H,31,32)/t7-,9+,10+,12+,13+,14+,17-,19?/m0/s1.